The van der Waals surface area contributed by atoms with E-state index in [-0.39, 0.29) is 37.5 Å². The molecule has 13 atom stereocenters. The van der Waals surface area contributed by atoms with Crippen molar-refractivity contribution in [1.82, 2.24) is 25.3 Å². The number of rotatable bonds is 29. The molecule has 0 aromatic heterocycles. The Hall–Kier alpha value is -4.45. The number of nitrogens with zero attached hydrogens (tertiary/aromatic N) is 3. The Bertz CT molecular complexity index is 1770. The number of likely N-dealkylation sites (tertiary alicyclic amines) is 1. The molecule has 1 aliphatic rings. The molecule has 0 aliphatic carbocycles. The normalized spacial score (nSPS) is 19.9. The molecule has 21 nitrogen and oxygen atoms in total. The summed E-state index contributed by atoms with van der Waals surface area (Å²) in [6.07, 6.45) is -9.86. The number of likely N-dealkylation sites (N-methyl/N-ethyl adjacent to an activating group) is 2. The van der Waals surface area contributed by atoms with E-state index in [0.717, 1.165) is 5.56 Å². The van der Waals surface area contributed by atoms with Gasteiger partial charge in [-0.3, -0.25) is 24.1 Å². The van der Waals surface area contributed by atoms with Crippen molar-refractivity contribution in [3.8, 4) is 0 Å². The highest BCUT2D eigenvalue weighted by Crippen LogP contribution is 2.29. The molecule has 0 bridgehead atoms. The van der Waals surface area contributed by atoms with Gasteiger partial charge in [0.05, 0.1) is 55.4 Å². The van der Waals surface area contributed by atoms with E-state index >= 15 is 0 Å². The van der Waals surface area contributed by atoms with Crippen molar-refractivity contribution < 1.29 is 79.0 Å². The number of carboxylic acid groups (broad SMARTS) is 1. The molecule has 0 saturated carbocycles. The zero-order valence-electron chi connectivity index (χ0n) is 41.3. The van der Waals surface area contributed by atoms with Gasteiger partial charge in [-0.1, -0.05) is 78.8 Å². The highest BCUT2D eigenvalue weighted by molar-refractivity contribution is 5.90. The summed E-state index contributed by atoms with van der Waals surface area (Å²) in [6.45, 7) is 11.6. The average molecular weight is 970 g/mol. The zero-order valence-corrected chi connectivity index (χ0v) is 41.3. The molecule has 388 valence electrons. The summed E-state index contributed by atoms with van der Waals surface area (Å²) in [5.41, 5.74) is 0.742. The van der Waals surface area contributed by atoms with Crippen LogP contribution in [0.5, 0.6) is 0 Å². The van der Waals surface area contributed by atoms with Gasteiger partial charge < -0.3 is 75.5 Å². The number of aliphatic hydroxyl groups is 7. The van der Waals surface area contributed by atoms with E-state index in [9.17, 15) is 59.7 Å². The van der Waals surface area contributed by atoms with Gasteiger partial charge in [-0.2, -0.15) is 0 Å². The fraction of sp³-hybridized carbons (Fsp3) is 0.723. The van der Waals surface area contributed by atoms with Crippen molar-refractivity contribution in [2.75, 3.05) is 48.0 Å². The first-order valence-corrected chi connectivity index (χ1v) is 23.1. The molecule has 4 amide bonds. The molecule has 1 fully saturated rings. The summed E-state index contributed by atoms with van der Waals surface area (Å²) in [6, 6.07) is 4.55. The Kier molecular flexibility index (Phi) is 24.8. The maximum atomic E-state index is 14.5. The number of hydrogen-bond acceptors (Lipinski definition) is 16. The third-order valence-electron chi connectivity index (χ3n) is 12.6. The van der Waals surface area contributed by atoms with Gasteiger partial charge >= 0.3 is 5.97 Å². The monoisotopic (exact) mass is 970 g/mol. The average Bonchev–Trinajstić information content (AvgIpc) is 3.78. The summed E-state index contributed by atoms with van der Waals surface area (Å²) in [5, 5.41) is 85.4. The van der Waals surface area contributed by atoms with Crippen molar-refractivity contribution in [2.45, 2.75) is 147 Å². The Morgan fingerprint density at radius 3 is 1.94 bits per heavy atom. The number of methoxy groups -OCH3 is 2. The first-order valence-electron chi connectivity index (χ1n) is 23.1. The number of carbonyl (C=O) groups is 5. The molecule has 68 heavy (non-hydrogen) atoms. The lowest BCUT2D eigenvalue weighted by Gasteiger charge is -2.40. The van der Waals surface area contributed by atoms with Crippen LogP contribution in [0.1, 0.15) is 73.3 Å². The molecule has 1 saturated heterocycles. The van der Waals surface area contributed by atoms with E-state index in [4.69, 9.17) is 19.3 Å². The third kappa shape index (κ3) is 16.6. The standard InChI is InChI=1S/C47H79N5O16/c1-25(2)37(49-44(61)39(27(5)6)50(8)22-32(54)40(58)41(59)34(56)24-68-47(65)33(55)23-53)45(62)51(9)38(26(3)4)35(66-10)21-36(57)52-19-15-18-31(52)42(67-11)28(7)43(60)48-30(46(63)64)20-29-16-13-12-14-17-29/h12-14,16-17,23,25-28,30-32,34-35,37-42,47,53-56,58-59,65H,15,18-22,24H2,1-11H3,(H,48,60)(H,49,61)(H,63,64)/b33-23+. The molecule has 10 N–H and O–H groups in total. The van der Waals surface area contributed by atoms with Crippen molar-refractivity contribution in [3.05, 3.63) is 47.9 Å². The van der Waals surface area contributed by atoms with Crippen LogP contribution in [-0.2, 0) is 44.6 Å². The van der Waals surface area contributed by atoms with Gasteiger partial charge in [0.2, 0.25) is 29.9 Å². The van der Waals surface area contributed by atoms with Crippen LogP contribution in [0.15, 0.2) is 42.4 Å². The minimum Gasteiger partial charge on any atom is -0.512 e. The number of amides is 4. The SMILES string of the molecule is COC(CC(=O)N1CCCC1C(OC)C(C)C(=O)NC(Cc1ccccc1)C(=O)O)C(C(C)C)N(C)C(=O)C(NC(=O)C(C(C)C)N(C)CC(O)C(O)C(O)C(O)COC(O)/C(O)=C\O)C(C)C. The number of carbonyl (C=O) groups excluding carboxylic acids is 4. The van der Waals surface area contributed by atoms with E-state index in [0.29, 0.717) is 19.4 Å². The van der Waals surface area contributed by atoms with Crippen LogP contribution in [0.3, 0.4) is 0 Å². The van der Waals surface area contributed by atoms with Crippen LogP contribution in [0.4, 0.5) is 0 Å². The van der Waals surface area contributed by atoms with Gasteiger partial charge in [-0.25, -0.2) is 4.79 Å². The fourth-order valence-corrected chi connectivity index (χ4v) is 8.94. The van der Waals surface area contributed by atoms with Crippen molar-refractivity contribution in [3.63, 3.8) is 0 Å². The van der Waals surface area contributed by atoms with Crippen molar-refractivity contribution >= 4 is 29.6 Å². The molecule has 21 heteroatoms. The maximum absolute atomic E-state index is 14.5. The first-order chi connectivity index (χ1) is 31.8. The number of carboxylic acids is 1. The first kappa shape index (κ1) is 59.7. The summed E-state index contributed by atoms with van der Waals surface area (Å²) < 4.78 is 16.5. The minimum atomic E-state index is -2.03. The molecule has 1 heterocycles. The Labute approximate surface area is 400 Å². The number of ether oxygens (including phenoxy) is 3. The number of aliphatic hydroxyl groups excluding tert-OH is 7. The van der Waals surface area contributed by atoms with Crippen molar-refractivity contribution in [2.24, 2.45) is 23.7 Å². The van der Waals surface area contributed by atoms with Gasteiger partial charge in [-0.05, 0) is 43.2 Å². The van der Waals surface area contributed by atoms with E-state index in [2.05, 4.69) is 10.6 Å². The summed E-state index contributed by atoms with van der Waals surface area (Å²) in [5.74, 6) is -5.91. The molecule has 1 aromatic rings. The fourth-order valence-electron chi connectivity index (χ4n) is 8.94. The molecule has 1 aliphatic heterocycles. The molecule has 2 rings (SSSR count). The van der Waals surface area contributed by atoms with Crippen LogP contribution >= 0.6 is 0 Å². The molecular weight excluding hydrogens is 891 g/mol. The van der Waals surface area contributed by atoms with Gasteiger partial charge in [0.1, 0.15) is 36.7 Å². The lowest BCUT2D eigenvalue weighted by atomic mass is 9.91. The summed E-state index contributed by atoms with van der Waals surface area (Å²) in [7, 11) is 5.97. The Morgan fingerprint density at radius 2 is 1.43 bits per heavy atom. The van der Waals surface area contributed by atoms with Gasteiger partial charge in [-0.15, -0.1) is 0 Å². The largest absolute Gasteiger partial charge is 0.512 e. The number of benzene rings is 1. The number of aliphatic carboxylic acids is 1. The second-order valence-electron chi connectivity index (χ2n) is 18.8. The van der Waals surface area contributed by atoms with Crippen LogP contribution < -0.4 is 10.6 Å². The van der Waals surface area contributed by atoms with Crippen LogP contribution in [-0.4, -0.2) is 206 Å². The second-order valence-corrected chi connectivity index (χ2v) is 18.8. The van der Waals surface area contributed by atoms with Gasteiger partial charge in [0.15, 0.2) is 5.76 Å². The molecule has 1 aromatic carbocycles. The lowest BCUT2D eigenvalue weighted by molar-refractivity contribution is -0.159. The number of nitrogens with one attached hydrogen (secondary N) is 2. The Balaban J connectivity index is 2.22. The maximum Gasteiger partial charge on any atom is 0.326 e. The summed E-state index contributed by atoms with van der Waals surface area (Å²) in [4.78, 5) is 73.0. The highest BCUT2D eigenvalue weighted by atomic mass is 16.6. The molecule has 13 unspecified atom stereocenters. The zero-order chi connectivity index (χ0) is 51.7. The van der Waals surface area contributed by atoms with Crippen LogP contribution in [0.25, 0.3) is 0 Å². The highest BCUT2D eigenvalue weighted by Gasteiger charge is 2.44. The van der Waals surface area contributed by atoms with E-state index in [1.807, 2.05) is 19.9 Å². The quantitative estimate of drug-likeness (QED) is 0.0378. The van der Waals surface area contributed by atoms with E-state index in [1.165, 1.54) is 31.1 Å². The second kappa shape index (κ2) is 28.3. The third-order valence-corrected chi connectivity index (χ3v) is 12.6. The molecular formula is C47H79N5O16. The number of hydrogen-bond donors (Lipinski definition) is 10. The van der Waals surface area contributed by atoms with Crippen LogP contribution in [0, 0.1) is 23.7 Å². The van der Waals surface area contributed by atoms with E-state index in [1.54, 1.807) is 70.8 Å². The smallest absolute Gasteiger partial charge is 0.326 e. The molecule has 0 spiro atoms. The van der Waals surface area contributed by atoms with Gasteiger partial charge in [0.25, 0.3) is 0 Å². The summed E-state index contributed by atoms with van der Waals surface area (Å²) >= 11 is 0. The van der Waals surface area contributed by atoms with Gasteiger partial charge in [0, 0.05) is 40.8 Å². The lowest BCUT2D eigenvalue weighted by Crippen LogP contribution is -2.60. The minimum absolute atomic E-state index is 0.0806. The van der Waals surface area contributed by atoms with Crippen molar-refractivity contribution in [1.29, 1.82) is 0 Å². The van der Waals surface area contributed by atoms with Crippen LogP contribution in [0.2, 0.25) is 0 Å². The molecule has 0 radical (unpaired) electrons. The van der Waals surface area contributed by atoms with E-state index < -0.39 is 127 Å². The predicted molar refractivity (Wildman–Crippen MR) is 249 cm³/mol. The predicted octanol–water partition coefficient (Wildman–Crippen LogP) is 0.162. The topological polar surface area (TPSA) is 309 Å². The Morgan fingerprint density at radius 1 is 0.824 bits per heavy atom.